The number of hydrogen-bond donors (Lipinski definition) is 2. The Morgan fingerprint density at radius 2 is 1.93 bits per heavy atom. The maximum atomic E-state index is 13.3. The van der Waals surface area contributed by atoms with Gasteiger partial charge in [0.15, 0.2) is 0 Å². The highest BCUT2D eigenvalue weighted by atomic mass is 19.4. The van der Waals surface area contributed by atoms with E-state index in [1.54, 1.807) is 20.8 Å². The van der Waals surface area contributed by atoms with Crippen LogP contribution in [-0.2, 0) is 15.8 Å². The molecular weight excluding hydrogens is 389 g/mol. The van der Waals surface area contributed by atoms with E-state index in [1.807, 2.05) is 13.8 Å². The summed E-state index contributed by atoms with van der Waals surface area (Å²) in [4.78, 5) is 33.8. The lowest BCUT2D eigenvalue weighted by Crippen LogP contribution is -2.54. The summed E-state index contributed by atoms with van der Waals surface area (Å²) in [7, 11) is 0. The number of fused-ring (bicyclic) bond motifs is 1. The zero-order chi connectivity index (χ0) is 21.9. The van der Waals surface area contributed by atoms with E-state index < -0.39 is 41.2 Å². The number of carboxylic acid groups (broad SMARTS) is 1. The predicted octanol–water partition coefficient (Wildman–Crippen LogP) is 2.89. The first kappa shape index (κ1) is 21.3. The van der Waals surface area contributed by atoms with Crippen molar-refractivity contribution in [1.82, 2.24) is 14.9 Å². The van der Waals surface area contributed by atoms with Gasteiger partial charge in [-0.05, 0) is 22.8 Å². The molecule has 160 valence electrons. The van der Waals surface area contributed by atoms with Gasteiger partial charge in [0, 0.05) is 18.7 Å². The molecule has 1 aromatic rings. The number of alkyl halides is 3. The Morgan fingerprint density at radius 3 is 2.45 bits per heavy atom. The molecule has 7 nitrogen and oxygen atoms in total. The molecule has 29 heavy (non-hydrogen) atoms. The maximum absolute atomic E-state index is 13.3. The van der Waals surface area contributed by atoms with Crippen LogP contribution in [0.15, 0.2) is 12.3 Å². The largest absolute Gasteiger partial charge is 0.480 e. The van der Waals surface area contributed by atoms with Crippen LogP contribution in [-0.4, -0.2) is 50.5 Å². The van der Waals surface area contributed by atoms with Crippen molar-refractivity contribution in [3.8, 4) is 0 Å². The van der Waals surface area contributed by atoms with E-state index in [9.17, 15) is 27.9 Å². The van der Waals surface area contributed by atoms with Gasteiger partial charge in [-0.25, -0.2) is 14.8 Å². The van der Waals surface area contributed by atoms with Gasteiger partial charge in [-0.3, -0.25) is 4.79 Å². The molecule has 1 aliphatic carbocycles. The lowest BCUT2D eigenvalue weighted by molar-refractivity contribution is -0.151. The van der Waals surface area contributed by atoms with E-state index in [0.29, 0.717) is 6.54 Å². The Bertz CT molecular complexity index is 835. The molecule has 0 aromatic carbocycles. The second-order valence-electron chi connectivity index (χ2n) is 9.43. The SMILES string of the molecule is CC(C)(C)[C@H](Nc1nccc(C(F)(F)F)n1)C(=O)N1C[C@H]2[C@@H]([C@H]1C(=O)O)C2(C)C. The number of piperidine rings is 1. The number of carbonyl (C=O) groups is 2. The van der Waals surface area contributed by atoms with Crippen LogP contribution >= 0.6 is 0 Å². The third kappa shape index (κ3) is 3.76. The van der Waals surface area contributed by atoms with E-state index in [2.05, 4.69) is 15.3 Å². The van der Waals surface area contributed by atoms with Gasteiger partial charge in [0.2, 0.25) is 11.9 Å². The van der Waals surface area contributed by atoms with Crippen molar-refractivity contribution in [2.24, 2.45) is 22.7 Å². The average Bonchev–Trinajstić information content (AvgIpc) is 2.94. The first-order valence-corrected chi connectivity index (χ1v) is 9.35. The Balaban J connectivity index is 1.87. The maximum Gasteiger partial charge on any atom is 0.433 e. The van der Waals surface area contributed by atoms with E-state index >= 15 is 0 Å². The van der Waals surface area contributed by atoms with Gasteiger partial charge in [-0.1, -0.05) is 34.6 Å². The van der Waals surface area contributed by atoms with Gasteiger partial charge < -0.3 is 15.3 Å². The van der Waals surface area contributed by atoms with Gasteiger partial charge in [0.05, 0.1) is 0 Å². The molecule has 0 spiro atoms. The highest BCUT2D eigenvalue weighted by molar-refractivity contribution is 5.90. The van der Waals surface area contributed by atoms with E-state index in [1.165, 1.54) is 4.90 Å². The topological polar surface area (TPSA) is 95.4 Å². The fourth-order valence-electron chi connectivity index (χ4n) is 4.33. The highest BCUT2D eigenvalue weighted by Gasteiger charge is 2.70. The second kappa shape index (κ2) is 6.56. The summed E-state index contributed by atoms with van der Waals surface area (Å²) in [5.41, 5.74) is -1.99. The molecule has 2 fully saturated rings. The molecule has 1 aromatic heterocycles. The minimum Gasteiger partial charge on any atom is -0.480 e. The molecule has 0 unspecified atom stereocenters. The molecule has 0 radical (unpaired) electrons. The van der Waals surface area contributed by atoms with Crippen LogP contribution in [0.4, 0.5) is 19.1 Å². The molecular formula is C19H25F3N4O3. The molecule has 10 heteroatoms. The molecule has 4 atom stereocenters. The summed E-state index contributed by atoms with van der Waals surface area (Å²) >= 11 is 0. The molecule has 1 aliphatic heterocycles. The number of anilines is 1. The Morgan fingerprint density at radius 1 is 1.31 bits per heavy atom. The van der Waals surface area contributed by atoms with Gasteiger partial charge in [-0.15, -0.1) is 0 Å². The van der Waals surface area contributed by atoms with Crippen LogP contribution in [0.25, 0.3) is 0 Å². The molecule has 0 bridgehead atoms. The van der Waals surface area contributed by atoms with Crippen LogP contribution in [0.2, 0.25) is 0 Å². The number of aromatic nitrogens is 2. The van der Waals surface area contributed by atoms with Crippen molar-refractivity contribution in [1.29, 1.82) is 0 Å². The highest BCUT2D eigenvalue weighted by Crippen LogP contribution is 2.65. The lowest BCUT2D eigenvalue weighted by Gasteiger charge is -2.36. The summed E-state index contributed by atoms with van der Waals surface area (Å²) in [5.74, 6) is -1.91. The smallest absolute Gasteiger partial charge is 0.433 e. The summed E-state index contributed by atoms with van der Waals surface area (Å²) < 4.78 is 38.8. The van der Waals surface area contributed by atoms with Crippen LogP contribution in [0.5, 0.6) is 0 Å². The Kier molecular flexibility index (Phi) is 4.83. The normalized spacial score (nSPS) is 26.6. The number of rotatable bonds is 4. The minimum absolute atomic E-state index is 0.0953. The van der Waals surface area contributed by atoms with Gasteiger partial charge >= 0.3 is 12.1 Å². The summed E-state index contributed by atoms with van der Waals surface area (Å²) in [6.07, 6.45) is -3.67. The lowest BCUT2D eigenvalue weighted by atomic mass is 9.85. The monoisotopic (exact) mass is 414 g/mol. The molecule has 2 heterocycles. The first-order valence-electron chi connectivity index (χ1n) is 9.35. The fraction of sp³-hybridized carbons (Fsp3) is 0.684. The third-order valence-corrected chi connectivity index (χ3v) is 6.08. The molecule has 2 N–H and O–H groups in total. The average molecular weight is 414 g/mol. The first-order chi connectivity index (χ1) is 13.2. The number of halogens is 3. The summed E-state index contributed by atoms with van der Waals surface area (Å²) in [6, 6.07) is -1.19. The summed E-state index contributed by atoms with van der Waals surface area (Å²) in [6.45, 7) is 9.50. The predicted molar refractivity (Wildman–Crippen MR) is 97.8 cm³/mol. The number of aliphatic carboxylic acids is 1. The van der Waals surface area contributed by atoms with Gasteiger partial charge in [-0.2, -0.15) is 13.2 Å². The van der Waals surface area contributed by atoms with E-state index in [0.717, 1.165) is 12.3 Å². The molecule has 1 saturated heterocycles. The Hall–Kier alpha value is -2.39. The third-order valence-electron chi connectivity index (χ3n) is 6.08. The number of hydrogen-bond acceptors (Lipinski definition) is 5. The van der Waals surface area contributed by atoms with Crippen LogP contribution < -0.4 is 5.32 Å². The number of carbonyl (C=O) groups excluding carboxylic acids is 1. The molecule has 3 rings (SSSR count). The van der Waals surface area contributed by atoms with Crippen molar-refractivity contribution in [3.63, 3.8) is 0 Å². The quantitative estimate of drug-likeness (QED) is 0.787. The van der Waals surface area contributed by atoms with Gasteiger partial charge in [0.25, 0.3) is 0 Å². The van der Waals surface area contributed by atoms with Crippen molar-refractivity contribution < 1.29 is 27.9 Å². The van der Waals surface area contributed by atoms with Crippen molar-refractivity contribution in [2.45, 2.75) is 52.9 Å². The number of nitrogens with one attached hydrogen (secondary N) is 1. The molecule has 2 aliphatic rings. The second-order valence-corrected chi connectivity index (χ2v) is 9.43. The van der Waals surface area contributed by atoms with Gasteiger partial charge in [0.1, 0.15) is 17.8 Å². The van der Waals surface area contributed by atoms with E-state index in [4.69, 9.17) is 0 Å². The van der Waals surface area contributed by atoms with Crippen LogP contribution in [0, 0.1) is 22.7 Å². The Labute approximate surface area is 166 Å². The molecule has 1 saturated carbocycles. The standard InChI is InChI=1S/C19H25F3N4O3/c1-17(2,3)13(25-16-23-7-6-10(24-16)19(20,21)22)14(27)26-8-9-11(18(9,4)5)12(26)15(28)29/h6-7,9,11-13H,8H2,1-5H3,(H,28,29)(H,23,24,25)/t9-,11-,12-,13+/m0/s1. The number of nitrogens with zero attached hydrogens (tertiary/aromatic N) is 3. The van der Waals surface area contributed by atoms with Crippen molar-refractivity contribution >= 4 is 17.8 Å². The zero-order valence-electron chi connectivity index (χ0n) is 16.9. The van der Waals surface area contributed by atoms with Crippen molar-refractivity contribution in [2.75, 3.05) is 11.9 Å². The van der Waals surface area contributed by atoms with E-state index in [-0.39, 0.29) is 23.2 Å². The fourth-order valence-corrected chi connectivity index (χ4v) is 4.33. The van der Waals surface area contributed by atoms with Crippen LogP contribution in [0.3, 0.4) is 0 Å². The summed E-state index contributed by atoms with van der Waals surface area (Å²) in [5, 5.41) is 12.4. The number of likely N-dealkylation sites (tertiary alicyclic amines) is 1. The number of amides is 1. The minimum atomic E-state index is -4.64. The molecule has 1 amide bonds. The van der Waals surface area contributed by atoms with Crippen LogP contribution in [0.1, 0.15) is 40.3 Å². The zero-order valence-corrected chi connectivity index (χ0v) is 16.9. The van der Waals surface area contributed by atoms with Crippen molar-refractivity contribution in [3.05, 3.63) is 18.0 Å². The number of carboxylic acids is 1.